The lowest BCUT2D eigenvalue weighted by atomic mass is 10.1. The molecule has 0 bridgehead atoms. The summed E-state index contributed by atoms with van der Waals surface area (Å²) in [5.41, 5.74) is 1.60. The van der Waals surface area contributed by atoms with Crippen LogP contribution in [-0.2, 0) is 6.42 Å². The molecule has 2 aromatic heterocycles. The number of halogens is 1. The molecule has 2 N–H and O–H groups in total. The SMILES string of the molecule is CN=C(NCCc1coc(-c2ccc(F)cc2)n1)NCC(C)c1cccs1. The first-order chi connectivity index (χ1) is 13.2. The van der Waals surface area contributed by atoms with Crippen LogP contribution in [0.1, 0.15) is 23.4 Å². The highest BCUT2D eigenvalue weighted by Gasteiger charge is 2.09. The van der Waals surface area contributed by atoms with Gasteiger partial charge in [0.15, 0.2) is 5.96 Å². The van der Waals surface area contributed by atoms with Crippen LogP contribution in [-0.4, -0.2) is 31.1 Å². The summed E-state index contributed by atoms with van der Waals surface area (Å²) in [5.74, 6) is 1.41. The lowest BCUT2D eigenvalue weighted by molar-refractivity contribution is 0.571. The highest BCUT2D eigenvalue weighted by molar-refractivity contribution is 7.10. The van der Waals surface area contributed by atoms with Crippen molar-refractivity contribution >= 4 is 17.3 Å². The summed E-state index contributed by atoms with van der Waals surface area (Å²) in [6.45, 7) is 3.69. The number of nitrogens with one attached hydrogen (secondary N) is 2. The molecule has 0 amide bonds. The Labute approximate surface area is 162 Å². The lowest BCUT2D eigenvalue weighted by Crippen LogP contribution is -2.39. The van der Waals surface area contributed by atoms with E-state index >= 15 is 0 Å². The van der Waals surface area contributed by atoms with Crippen molar-refractivity contribution in [2.24, 2.45) is 4.99 Å². The molecule has 3 rings (SSSR count). The quantitative estimate of drug-likeness (QED) is 0.475. The molecule has 0 saturated heterocycles. The van der Waals surface area contributed by atoms with Crippen LogP contribution in [0.25, 0.3) is 11.5 Å². The predicted molar refractivity (Wildman–Crippen MR) is 108 cm³/mol. The molecule has 1 unspecified atom stereocenters. The highest BCUT2D eigenvalue weighted by atomic mass is 32.1. The number of aliphatic imine (C=N–C) groups is 1. The molecule has 0 aliphatic heterocycles. The zero-order chi connectivity index (χ0) is 19.1. The molecule has 0 spiro atoms. The first-order valence-corrected chi connectivity index (χ1v) is 9.72. The smallest absolute Gasteiger partial charge is 0.226 e. The Morgan fingerprint density at radius 3 is 2.78 bits per heavy atom. The van der Waals surface area contributed by atoms with Crippen molar-refractivity contribution in [1.29, 1.82) is 0 Å². The van der Waals surface area contributed by atoms with Gasteiger partial charge >= 0.3 is 0 Å². The second kappa shape index (κ2) is 9.32. The second-order valence-electron chi connectivity index (χ2n) is 6.20. The average Bonchev–Trinajstić information content (AvgIpc) is 3.37. The second-order valence-corrected chi connectivity index (χ2v) is 7.18. The van der Waals surface area contributed by atoms with Crippen LogP contribution in [0.5, 0.6) is 0 Å². The Morgan fingerprint density at radius 2 is 2.07 bits per heavy atom. The number of guanidine groups is 1. The van der Waals surface area contributed by atoms with E-state index in [9.17, 15) is 4.39 Å². The van der Waals surface area contributed by atoms with Crippen LogP contribution < -0.4 is 10.6 Å². The molecule has 27 heavy (non-hydrogen) atoms. The Morgan fingerprint density at radius 1 is 1.26 bits per heavy atom. The van der Waals surface area contributed by atoms with Crippen molar-refractivity contribution in [2.45, 2.75) is 19.3 Å². The fourth-order valence-corrected chi connectivity index (χ4v) is 3.39. The van der Waals surface area contributed by atoms with Gasteiger partial charge in [-0.2, -0.15) is 0 Å². The van der Waals surface area contributed by atoms with Gasteiger partial charge in [-0.15, -0.1) is 11.3 Å². The number of nitrogens with zero attached hydrogens (tertiary/aromatic N) is 2. The predicted octanol–water partition coefficient (Wildman–Crippen LogP) is 4.05. The molecule has 2 heterocycles. The summed E-state index contributed by atoms with van der Waals surface area (Å²) in [6, 6.07) is 10.3. The van der Waals surface area contributed by atoms with Gasteiger partial charge in [-0.25, -0.2) is 9.37 Å². The normalized spacial score (nSPS) is 12.8. The van der Waals surface area contributed by atoms with Gasteiger partial charge in [0.1, 0.15) is 12.1 Å². The Bertz CT molecular complexity index is 859. The minimum absolute atomic E-state index is 0.276. The maximum absolute atomic E-state index is 13.0. The van der Waals surface area contributed by atoms with E-state index in [1.54, 1.807) is 36.8 Å². The minimum Gasteiger partial charge on any atom is -0.444 e. The van der Waals surface area contributed by atoms with E-state index in [1.807, 2.05) is 0 Å². The third-order valence-electron chi connectivity index (χ3n) is 4.14. The molecule has 0 saturated carbocycles. The van der Waals surface area contributed by atoms with E-state index < -0.39 is 0 Å². The summed E-state index contributed by atoms with van der Waals surface area (Å²) in [7, 11) is 1.76. The number of hydrogen-bond donors (Lipinski definition) is 2. The third-order valence-corrected chi connectivity index (χ3v) is 5.25. The summed E-state index contributed by atoms with van der Waals surface area (Å²) < 4.78 is 18.5. The van der Waals surface area contributed by atoms with Gasteiger partial charge in [0.05, 0.1) is 5.69 Å². The van der Waals surface area contributed by atoms with Crippen LogP contribution in [0, 0.1) is 5.82 Å². The van der Waals surface area contributed by atoms with Gasteiger partial charge in [-0.05, 0) is 35.7 Å². The highest BCUT2D eigenvalue weighted by Crippen LogP contribution is 2.20. The Kier molecular flexibility index (Phi) is 6.59. The van der Waals surface area contributed by atoms with Crippen molar-refractivity contribution in [1.82, 2.24) is 15.6 Å². The molecular formula is C20H23FN4OS. The van der Waals surface area contributed by atoms with Gasteiger partial charge in [-0.1, -0.05) is 13.0 Å². The van der Waals surface area contributed by atoms with Crippen molar-refractivity contribution in [3.05, 3.63) is 64.4 Å². The fraction of sp³-hybridized carbons (Fsp3) is 0.300. The summed E-state index contributed by atoms with van der Waals surface area (Å²) in [5, 5.41) is 8.73. The van der Waals surface area contributed by atoms with E-state index in [1.165, 1.54) is 17.0 Å². The molecular weight excluding hydrogens is 363 g/mol. The van der Waals surface area contributed by atoms with Crippen molar-refractivity contribution in [2.75, 3.05) is 20.1 Å². The molecule has 5 nitrogen and oxygen atoms in total. The molecule has 1 aromatic carbocycles. The largest absolute Gasteiger partial charge is 0.444 e. The first kappa shape index (κ1) is 19.1. The van der Waals surface area contributed by atoms with E-state index in [4.69, 9.17) is 4.42 Å². The average molecular weight is 386 g/mol. The number of thiophene rings is 1. The van der Waals surface area contributed by atoms with Crippen LogP contribution in [0.2, 0.25) is 0 Å². The van der Waals surface area contributed by atoms with Gasteiger partial charge in [-0.3, -0.25) is 4.99 Å². The van der Waals surface area contributed by atoms with Gasteiger partial charge in [0.2, 0.25) is 5.89 Å². The number of aromatic nitrogens is 1. The topological polar surface area (TPSA) is 62.5 Å². The lowest BCUT2D eigenvalue weighted by Gasteiger charge is -2.14. The molecule has 0 aliphatic rings. The molecule has 0 aliphatic carbocycles. The first-order valence-electron chi connectivity index (χ1n) is 8.84. The van der Waals surface area contributed by atoms with E-state index in [0.717, 1.165) is 23.8 Å². The summed E-state index contributed by atoms with van der Waals surface area (Å²) in [4.78, 5) is 10.1. The Hall–Kier alpha value is -2.67. The molecule has 1 atom stereocenters. The van der Waals surface area contributed by atoms with Crippen LogP contribution in [0.15, 0.2) is 57.5 Å². The standard InChI is InChI=1S/C20H23FN4OS/c1-14(18-4-3-11-27-18)12-24-20(22-2)23-10-9-17-13-26-19(25-17)15-5-7-16(21)8-6-15/h3-8,11,13-14H,9-10,12H2,1-2H3,(H2,22,23,24). The van der Waals surface area contributed by atoms with Gasteiger partial charge in [0.25, 0.3) is 0 Å². The number of hydrogen-bond acceptors (Lipinski definition) is 4. The molecule has 3 aromatic rings. The van der Waals surface area contributed by atoms with E-state index in [2.05, 4.69) is 45.0 Å². The Balaban J connectivity index is 1.45. The van der Waals surface area contributed by atoms with Crippen LogP contribution >= 0.6 is 11.3 Å². The zero-order valence-corrected chi connectivity index (χ0v) is 16.2. The zero-order valence-electron chi connectivity index (χ0n) is 15.4. The van der Waals surface area contributed by atoms with Crippen LogP contribution in [0.3, 0.4) is 0 Å². The molecule has 0 fully saturated rings. The van der Waals surface area contributed by atoms with Crippen LogP contribution in [0.4, 0.5) is 4.39 Å². The number of rotatable bonds is 7. The van der Waals surface area contributed by atoms with E-state index in [0.29, 0.717) is 24.8 Å². The summed E-state index contributed by atoms with van der Waals surface area (Å²) >= 11 is 1.77. The maximum Gasteiger partial charge on any atom is 0.226 e. The number of oxazole rings is 1. The summed E-state index contributed by atoms with van der Waals surface area (Å²) in [6.07, 6.45) is 2.33. The van der Waals surface area contributed by atoms with Crippen molar-refractivity contribution in [3.63, 3.8) is 0 Å². The van der Waals surface area contributed by atoms with Crippen molar-refractivity contribution < 1.29 is 8.81 Å². The third kappa shape index (κ3) is 5.40. The van der Waals surface area contributed by atoms with Gasteiger partial charge in [0, 0.05) is 42.9 Å². The maximum atomic E-state index is 13.0. The monoisotopic (exact) mass is 386 g/mol. The molecule has 142 valence electrons. The van der Waals surface area contributed by atoms with E-state index in [-0.39, 0.29) is 5.82 Å². The molecule has 0 radical (unpaired) electrons. The van der Waals surface area contributed by atoms with Crippen molar-refractivity contribution in [3.8, 4) is 11.5 Å². The van der Waals surface area contributed by atoms with Gasteiger partial charge < -0.3 is 15.1 Å². The number of benzene rings is 1. The fourth-order valence-electron chi connectivity index (χ4n) is 2.60. The molecule has 7 heteroatoms. The minimum atomic E-state index is -0.276.